The third kappa shape index (κ3) is 5.18. The molecule has 29 heavy (non-hydrogen) atoms. The summed E-state index contributed by atoms with van der Waals surface area (Å²) < 4.78 is 10.4. The van der Waals surface area contributed by atoms with E-state index in [1.54, 1.807) is 48.4 Å². The molecule has 2 aromatic carbocycles. The molecule has 1 amide bonds. The summed E-state index contributed by atoms with van der Waals surface area (Å²) in [7, 11) is 2.90. The Morgan fingerprint density at radius 1 is 1.14 bits per heavy atom. The van der Waals surface area contributed by atoms with Gasteiger partial charge in [-0.3, -0.25) is 9.89 Å². The molecule has 2 N–H and O–H groups in total. The molecular weight excluding hydrogens is 412 g/mol. The molecule has 3 aromatic rings. The van der Waals surface area contributed by atoms with Crippen LogP contribution in [0.25, 0.3) is 0 Å². The number of methoxy groups -OCH3 is 2. The van der Waals surface area contributed by atoms with Crippen LogP contribution in [0.4, 0.5) is 16.5 Å². The number of H-pyrrole nitrogens is 1. The van der Waals surface area contributed by atoms with Crippen LogP contribution >= 0.6 is 23.6 Å². The van der Waals surface area contributed by atoms with Crippen LogP contribution in [0.1, 0.15) is 10.4 Å². The summed E-state index contributed by atoms with van der Waals surface area (Å²) in [6.07, 6.45) is 0. The summed E-state index contributed by atoms with van der Waals surface area (Å²) >= 11 is 6.39. The molecular formula is C19H18N4O4S2. The van der Waals surface area contributed by atoms with Crippen molar-refractivity contribution in [2.75, 3.05) is 31.0 Å². The number of hydrogen-bond acceptors (Lipinski definition) is 8. The standard InChI is InChI=1S/C19H18N4O4S2/c1-26-15-9-7-14(8-10-15)23(18-21-22-19(28)29-18)11-16(24)20-13-5-3-12(4-6-13)17(25)27-2/h3-10H,11H2,1-2H3,(H,20,24)(H,22,28). The largest absolute Gasteiger partial charge is 0.497 e. The van der Waals surface area contributed by atoms with Crippen LogP contribution in [0.15, 0.2) is 48.5 Å². The maximum atomic E-state index is 12.6. The van der Waals surface area contributed by atoms with Crippen molar-refractivity contribution in [3.63, 3.8) is 0 Å². The zero-order chi connectivity index (χ0) is 20.8. The Kier molecular flexibility index (Phi) is 6.57. The van der Waals surface area contributed by atoms with Gasteiger partial charge < -0.3 is 19.7 Å². The molecule has 0 saturated heterocycles. The number of carbonyl (C=O) groups excluding carboxylic acids is 2. The van der Waals surface area contributed by atoms with Crippen molar-refractivity contribution in [1.29, 1.82) is 0 Å². The maximum absolute atomic E-state index is 12.6. The molecule has 0 radical (unpaired) electrons. The van der Waals surface area contributed by atoms with Gasteiger partial charge in [-0.25, -0.2) is 4.79 Å². The fraction of sp³-hybridized carbons (Fsp3) is 0.158. The molecule has 0 atom stereocenters. The molecule has 0 spiro atoms. The van der Waals surface area contributed by atoms with Crippen LogP contribution in [-0.2, 0) is 9.53 Å². The summed E-state index contributed by atoms with van der Waals surface area (Å²) in [5, 5.41) is 10.3. The summed E-state index contributed by atoms with van der Waals surface area (Å²) in [6, 6.07) is 13.7. The highest BCUT2D eigenvalue weighted by Gasteiger charge is 2.17. The molecule has 0 aliphatic rings. The lowest BCUT2D eigenvalue weighted by atomic mass is 10.2. The number of nitrogens with zero attached hydrogens (tertiary/aromatic N) is 2. The van der Waals surface area contributed by atoms with E-state index in [-0.39, 0.29) is 12.5 Å². The third-order valence-electron chi connectivity index (χ3n) is 3.93. The van der Waals surface area contributed by atoms with Gasteiger partial charge in [-0.1, -0.05) is 11.3 Å². The number of rotatable bonds is 7. The van der Waals surface area contributed by atoms with Crippen LogP contribution in [0.5, 0.6) is 5.75 Å². The number of esters is 1. The molecule has 8 nitrogen and oxygen atoms in total. The molecule has 0 fully saturated rings. The number of hydrogen-bond donors (Lipinski definition) is 2. The van der Waals surface area contributed by atoms with Gasteiger partial charge >= 0.3 is 5.97 Å². The number of aromatic amines is 1. The van der Waals surface area contributed by atoms with Crippen molar-refractivity contribution in [2.45, 2.75) is 0 Å². The molecule has 0 aliphatic heterocycles. The lowest BCUT2D eigenvalue weighted by Gasteiger charge is -2.21. The van der Waals surface area contributed by atoms with Gasteiger partial charge in [0.05, 0.1) is 19.8 Å². The predicted octanol–water partition coefficient (Wildman–Crippen LogP) is 3.77. The number of amides is 1. The van der Waals surface area contributed by atoms with Crippen LogP contribution in [0, 0.1) is 3.95 Å². The van der Waals surface area contributed by atoms with Gasteiger partial charge in [0.25, 0.3) is 0 Å². The van der Waals surface area contributed by atoms with E-state index in [0.717, 1.165) is 5.69 Å². The van der Waals surface area contributed by atoms with E-state index < -0.39 is 5.97 Å². The Balaban J connectivity index is 1.77. The number of anilines is 3. The highest BCUT2D eigenvalue weighted by molar-refractivity contribution is 7.73. The second-order valence-corrected chi connectivity index (χ2v) is 7.44. The minimum atomic E-state index is -0.437. The van der Waals surface area contributed by atoms with E-state index >= 15 is 0 Å². The molecule has 10 heteroatoms. The first-order valence-electron chi connectivity index (χ1n) is 8.45. The summed E-state index contributed by atoms with van der Waals surface area (Å²) in [6.45, 7) is 0.0151. The van der Waals surface area contributed by atoms with Gasteiger partial charge in [0, 0.05) is 11.4 Å². The van der Waals surface area contributed by atoms with Crippen molar-refractivity contribution in [3.05, 3.63) is 58.0 Å². The van der Waals surface area contributed by atoms with Crippen molar-refractivity contribution in [1.82, 2.24) is 10.2 Å². The highest BCUT2D eigenvalue weighted by Crippen LogP contribution is 2.28. The number of ether oxygens (including phenoxy) is 2. The Hall–Kier alpha value is -3.24. The van der Waals surface area contributed by atoms with Crippen molar-refractivity contribution in [2.24, 2.45) is 0 Å². The topological polar surface area (TPSA) is 96.6 Å². The van der Waals surface area contributed by atoms with Crippen molar-refractivity contribution >= 4 is 51.9 Å². The van der Waals surface area contributed by atoms with Gasteiger partial charge in [0.1, 0.15) is 12.3 Å². The maximum Gasteiger partial charge on any atom is 0.337 e. The Bertz CT molecular complexity index is 1050. The van der Waals surface area contributed by atoms with Crippen LogP contribution in [0.2, 0.25) is 0 Å². The zero-order valence-electron chi connectivity index (χ0n) is 15.7. The SMILES string of the molecule is COC(=O)c1ccc(NC(=O)CN(c2ccc(OC)cc2)c2n[nH]c(=S)s2)cc1. The summed E-state index contributed by atoms with van der Waals surface area (Å²) in [4.78, 5) is 25.9. The molecule has 1 aromatic heterocycles. The second kappa shape index (κ2) is 9.30. The molecule has 0 aliphatic carbocycles. The predicted molar refractivity (Wildman–Crippen MR) is 114 cm³/mol. The van der Waals surface area contributed by atoms with E-state index in [1.165, 1.54) is 18.4 Å². The smallest absolute Gasteiger partial charge is 0.337 e. The van der Waals surface area contributed by atoms with Crippen LogP contribution < -0.4 is 15.0 Å². The lowest BCUT2D eigenvalue weighted by Crippen LogP contribution is -2.29. The Morgan fingerprint density at radius 3 is 2.38 bits per heavy atom. The van der Waals surface area contributed by atoms with Gasteiger partial charge in [0.2, 0.25) is 11.0 Å². The van der Waals surface area contributed by atoms with Gasteiger partial charge in [0.15, 0.2) is 3.95 Å². The molecule has 0 saturated carbocycles. The van der Waals surface area contributed by atoms with Gasteiger partial charge in [-0.15, -0.1) is 5.10 Å². The molecule has 1 heterocycles. The Labute approximate surface area is 176 Å². The minimum Gasteiger partial charge on any atom is -0.497 e. The summed E-state index contributed by atoms with van der Waals surface area (Å²) in [5.74, 6) is 0.0135. The normalized spacial score (nSPS) is 10.3. The van der Waals surface area contributed by atoms with Crippen molar-refractivity contribution < 1.29 is 19.1 Å². The number of benzene rings is 2. The average molecular weight is 431 g/mol. The quantitative estimate of drug-likeness (QED) is 0.435. The minimum absolute atomic E-state index is 0.0151. The first-order valence-corrected chi connectivity index (χ1v) is 9.68. The third-order valence-corrected chi connectivity index (χ3v) is 5.05. The highest BCUT2D eigenvalue weighted by atomic mass is 32.1. The van der Waals surface area contributed by atoms with E-state index in [1.807, 2.05) is 12.1 Å². The van der Waals surface area contributed by atoms with E-state index in [4.69, 9.17) is 17.0 Å². The van der Waals surface area contributed by atoms with Crippen LogP contribution in [0.3, 0.4) is 0 Å². The number of carbonyl (C=O) groups is 2. The number of aromatic nitrogens is 2. The Morgan fingerprint density at radius 2 is 1.83 bits per heavy atom. The molecule has 3 rings (SSSR count). The van der Waals surface area contributed by atoms with Crippen molar-refractivity contribution in [3.8, 4) is 5.75 Å². The monoisotopic (exact) mass is 430 g/mol. The van der Waals surface area contributed by atoms with Gasteiger partial charge in [-0.05, 0) is 60.7 Å². The zero-order valence-corrected chi connectivity index (χ0v) is 17.3. The lowest BCUT2D eigenvalue weighted by molar-refractivity contribution is -0.114. The van der Waals surface area contributed by atoms with Crippen LogP contribution in [-0.4, -0.2) is 42.8 Å². The number of nitrogens with one attached hydrogen (secondary N) is 2. The molecule has 150 valence electrons. The first kappa shape index (κ1) is 20.5. The fourth-order valence-electron chi connectivity index (χ4n) is 2.52. The second-order valence-electron chi connectivity index (χ2n) is 5.80. The van der Waals surface area contributed by atoms with E-state index in [0.29, 0.717) is 26.1 Å². The average Bonchev–Trinajstić information content (AvgIpc) is 3.18. The fourth-order valence-corrected chi connectivity index (χ4v) is 3.42. The molecule has 0 bridgehead atoms. The molecule has 0 unspecified atom stereocenters. The first-order chi connectivity index (χ1) is 14.0. The summed E-state index contributed by atoms with van der Waals surface area (Å²) in [5.41, 5.74) is 1.73. The van der Waals surface area contributed by atoms with E-state index in [9.17, 15) is 9.59 Å². The van der Waals surface area contributed by atoms with E-state index in [2.05, 4.69) is 20.3 Å². The van der Waals surface area contributed by atoms with Gasteiger partial charge in [-0.2, -0.15) is 0 Å².